The van der Waals surface area contributed by atoms with E-state index in [0.717, 1.165) is 19.6 Å². The Hall–Kier alpha value is -0.0800. The highest BCUT2D eigenvalue weighted by Crippen LogP contribution is 2.19. The van der Waals surface area contributed by atoms with E-state index < -0.39 is 0 Å². The van der Waals surface area contributed by atoms with Gasteiger partial charge in [0.1, 0.15) is 0 Å². The maximum Gasteiger partial charge on any atom is 0.0801 e. The van der Waals surface area contributed by atoms with Crippen LogP contribution in [-0.4, -0.2) is 24.8 Å². The van der Waals surface area contributed by atoms with Crippen molar-refractivity contribution in [3.63, 3.8) is 0 Å². The van der Waals surface area contributed by atoms with Gasteiger partial charge in [-0.15, -0.1) is 0 Å². The first-order valence-corrected chi connectivity index (χ1v) is 5.48. The minimum atomic E-state index is -0.01000. The average molecular weight is 187 g/mol. The molecule has 0 aliphatic carbocycles. The first-order valence-electron chi connectivity index (χ1n) is 5.48. The van der Waals surface area contributed by atoms with Crippen LogP contribution < -0.4 is 5.32 Å². The Kier molecular flexibility index (Phi) is 6.35. The minimum absolute atomic E-state index is 0.01000. The molecule has 1 N–H and O–H groups in total. The summed E-state index contributed by atoms with van der Waals surface area (Å²) in [4.78, 5) is 0. The fourth-order valence-corrected chi connectivity index (χ4v) is 1.44. The molecule has 80 valence electrons. The van der Waals surface area contributed by atoms with Crippen LogP contribution in [0.25, 0.3) is 0 Å². The summed E-state index contributed by atoms with van der Waals surface area (Å²) in [5.41, 5.74) is -0.01000. The van der Waals surface area contributed by atoms with Crippen LogP contribution in [0.2, 0.25) is 0 Å². The van der Waals surface area contributed by atoms with E-state index in [2.05, 4.69) is 39.9 Å². The van der Waals surface area contributed by atoms with Crippen LogP contribution in [0.3, 0.4) is 0 Å². The number of rotatable bonds is 7. The van der Waals surface area contributed by atoms with Gasteiger partial charge in [-0.2, -0.15) is 0 Å². The van der Waals surface area contributed by atoms with Crippen molar-refractivity contribution in [2.24, 2.45) is 0 Å². The minimum Gasteiger partial charge on any atom is -0.374 e. The zero-order valence-corrected chi connectivity index (χ0v) is 9.81. The van der Waals surface area contributed by atoms with Crippen molar-refractivity contribution in [3.8, 4) is 0 Å². The van der Waals surface area contributed by atoms with E-state index >= 15 is 0 Å². The lowest BCUT2D eigenvalue weighted by atomic mass is 9.94. The number of hydrogen-bond donors (Lipinski definition) is 1. The lowest BCUT2D eigenvalue weighted by molar-refractivity contribution is -0.0506. The van der Waals surface area contributed by atoms with Crippen molar-refractivity contribution in [1.82, 2.24) is 5.32 Å². The highest BCUT2D eigenvalue weighted by molar-refractivity contribution is 4.85. The van der Waals surface area contributed by atoms with E-state index in [1.807, 2.05) is 0 Å². The normalized spacial score (nSPS) is 18.2. The molecule has 2 heteroatoms. The smallest absolute Gasteiger partial charge is 0.0801 e. The summed E-state index contributed by atoms with van der Waals surface area (Å²) in [5.74, 6) is 0. The summed E-state index contributed by atoms with van der Waals surface area (Å²) >= 11 is 0. The molecule has 0 aromatic rings. The molecule has 0 rings (SSSR count). The van der Waals surface area contributed by atoms with E-state index in [4.69, 9.17) is 4.74 Å². The maximum absolute atomic E-state index is 5.77. The molecule has 0 aliphatic rings. The third kappa shape index (κ3) is 4.10. The fourth-order valence-electron chi connectivity index (χ4n) is 1.44. The molecule has 0 spiro atoms. The van der Waals surface area contributed by atoms with Gasteiger partial charge in [-0.05, 0) is 40.2 Å². The number of nitrogens with one attached hydrogen (secondary N) is 1. The SMILES string of the molecule is CCCNC(C)C(C)(CC)OCC. The van der Waals surface area contributed by atoms with Gasteiger partial charge in [-0.25, -0.2) is 0 Å². The molecule has 0 aliphatic heterocycles. The fraction of sp³-hybridized carbons (Fsp3) is 1.00. The Morgan fingerprint density at radius 2 is 1.92 bits per heavy atom. The van der Waals surface area contributed by atoms with Gasteiger partial charge in [0.15, 0.2) is 0 Å². The molecular weight excluding hydrogens is 162 g/mol. The summed E-state index contributed by atoms with van der Waals surface area (Å²) in [6, 6.07) is 0.428. The molecule has 2 nitrogen and oxygen atoms in total. The molecule has 0 aromatic heterocycles. The second-order valence-electron chi connectivity index (χ2n) is 3.78. The molecule has 0 fully saturated rings. The van der Waals surface area contributed by atoms with Crippen LogP contribution >= 0.6 is 0 Å². The van der Waals surface area contributed by atoms with Gasteiger partial charge in [0.25, 0.3) is 0 Å². The Balaban J connectivity index is 4.03. The monoisotopic (exact) mass is 187 g/mol. The lowest BCUT2D eigenvalue weighted by Crippen LogP contribution is -2.48. The highest BCUT2D eigenvalue weighted by Gasteiger charge is 2.28. The third-order valence-corrected chi connectivity index (χ3v) is 2.79. The molecule has 13 heavy (non-hydrogen) atoms. The van der Waals surface area contributed by atoms with Crippen molar-refractivity contribution in [3.05, 3.63) is 0 Å². The van der Waals surface area contributed by atoms with Crippen LogP contribution in [0.1, 0.15) is 47.5 Å². The first-order chi connectivity index (χ1) is 6.10. The van der Waals surface area contributed by atoms with Gasteiger partial charge in [-0.1, -0.05) is 13.8 Å². The number of hydrogen-bond acceptors (Lipinski definition) is 2. The molecule has 0 bridgehead atoms. The highest BCUT2D eigenvalue weighted by atomic mass is 16.5. The molecule has 0 aromatic carbocycles. The first kappa shape index (κ1) is 12.9. The van der Waals surface area contributed by atoms with E-state index in [1.165, 1.54) is 6.42 Å². The van der Waals surface area contributed by atoms with E-state index in [9.17, 15) is 0 Å². The van der Waals surface area contributed by atoms with E-state index in [-0.39, 0.29) is 5.60 Å². The second kappa shape index (κ2) is 6.39. The summed E-state index contributed by atoms with van der Waals surface area (Å²) in [7, 11) is 0. The van der Waals surface area contributed by atoms with Crippen molar-refractivity contribution in [2.45, 2.75) is 59.1 Å². The standard InChI is InChI=1S/C11H25NO/c1-6-9-12-10(4)11(5,7-2)13-8-3/h10,12H,6-9H2,1-5H3. The molecular formula is C11H25NO. The van der Waals surface area contributed by atoms with Gasteiger partial charge in [0, 0.05) is 12.6 Å². The summed E-state index contributed by atoms with van der Waals surface area (Å²) in [5, 5.41) is 3.48. The molecule has 0 saturated carbocycles. The topological polar surface area (TPSA) is 21.3 Å². The summed E-state index contributed by atoms with van der Waals surface area (Å²) < 4.78 is 5.77. The van der Waals surface area contributed by atoms with Crippen molar-refractivity contribution in [1.29, 1.82) is 0 Å². The predicted molar refractivity (Wildman–Crippen MR) is 58.1 cm³/mol. The van der Waals surface area contributed by atoms with Crippen LogP contribution in [-0.2, 0) is 4.74 Å². The summed E-state index contributed by atoms with van der Waals surface area (Å²) in [6.45, 7) is 12.7. The van der Waals surface area contributed by atoms with Gasteiger partial charge in [0.2, 0.25) is 0 Å². The van der Waals surface area contributed by atoms with E-state index in [1.54, 1.807) is 0 Å². The molecule has 0 heterocycles. The zero-order valence-electron chi connectivity index (χ0n) is 9.81. The maximum atomic E-state index is 5.77. The Morgan fingerprint density at radius 1 is 1.31 bits per heavy atom. The van der Waals surface area contributed by atoms with Gasteiger partial charge >= 0.3 is 0 Å². The summed E-state index contributed by atoms with van der Waals surface area (Å²) in [6.07, 6.45) is 2.23. The van der Waals surface area contributed by atoms with Gasteiger partial charge in [0.05, 0.1) is 5.60 Å². The van der Waals surface area contributed by atoms with Crippen LogP contribution in [0.5, 0.6) is 0 Å². The van der Waals surface area contributed by atoms with Crippen LogP contribution in [0.15, 0.2) is 0 Å². The molecule has 2 unspecified atom stereocenters. The van der Waals surface area contributed by atoms with Crippen LogP contribution in [0.4, 0.5) is 0 Å². The third-order valence-electron chi connectivity index (χ3n) is 2.79. The molecule has 0 amide bonds. The van der Waals surface area contributed by atoms with Crippen LogP contribution in [0, 0.1) is 0 Å². The van der Waals surface area contributed by atoms with Crippen molar-refractivity contribution in [2.75, 3.05) is 13.2 Å². The zero-order chi connectivity index (χ0) is 10.3. The van der Waals surface area contributed by atoms with E-state index in [0.29, 0.717) is 6.04 Å². The van der Waals surface area contributed by atoms with Gasteiger partial charge in [-0.3, -0.25) is 0 Å². The Labute approximate surface area is 83.1 Å². The molecule has 0 saturated heterocycles. The quantitative estimate of drug-likeness (QED) is 0.661. The Morgan fingerprint density at radius 3 is 2.31 bits per heavy atom. The predicted octanol–water partition coefficient (Wildman–Crippen LogP) is 2.58. The molecule has 2 atom stereocenters. The largest absolute Gasteiger partial charge is 0.374 e. The lowest BCUT2D eigenvalue weighted by Gasteiger charge is -2.35. The Bertz CT molecular complexity index is 127. The van der Waals surface area contributed by atoms with Crippen molar-refractivity contribution < 1.29 is 4.74 Å². The van der Waals surface area contributed by atoms with Gasteiger partial charge < -0.3 is 10.1 Å². The van der Waals surface area contributed by atoms with Crippen molar-refractivity contribution >= 4 is 0 Å². The second-order valence-corrected chi connectivity index (χ2v) is 3.78. The molecule has 0 radical (unpaired) electrons. The number of ether oxygens (including phenoxy) is 1. The average Bonchev–Trinajstić information content (AvgIpc) is 2.14.